The molecule has 0 saturated carbocycles. The van der Waals surface area contributed by atoms with Crippen LogP contribution in [0.4, 0.5) is 0 Å². The van der Waals surface area contributed by atoms with Crippen LogP contribution in [0.15, 0.2) is 42.5 Å². The Morgan fingerprint density at radius 2 is 1.65 bits per heavy atom. The Balaban J connectivity index is 1.94. The fraction of sp³-hybridized carbons (Fsp3) is 0.133. The molecule has 2 aromatic rings. The largest absolute Gasteiger partial charge is 0.508 e. The summed E-state index contributed by atoms with van der Waals surface area (Å²) < 4.78 is 0. The Labute approximate surface area is 127 Å². The van der Waals surface area contributed by atoms with E-state index in [1.807, 2.05) is 12.1 Å². The summed E-state index contributed by atoms with van der Waals surface area (Å²) in [5.74, 6) is -0.0694. The minimum atomic E-state index is -0.292. The van der Waals surface area contributed by atoms with Crippen molar-refractivity contribution in [3.05, 3.63) is 63.6 Å². The van der Waals surface area contributed by atoms with Gasteiger partial charge < -0.3 is 10.4 Å². The zero-order chi connectivity index (χ0) is 14.5. The van der Waals surface area contributed by atoms with Crippen LogP contribution in [-0.2, 0) is 6.42 Å². The average molecular weight is 310 g/mol. The molecule has 2 aromatic carbocycles. The second-order valence-corrected chi connectivity index (χ2v) is 5.08. The third-order valence-corrected chi connectivity index (χ3v) is 3.46. The summed E-state index contributed by atoms with van der Waals surface area (Å²) in [5, 5.41) is 12.6. The van der Waals surface area contributed by atoms with Crippen molar-refractivity contribution in [3.63, 3.8) is 0 Å². The number of nitrogens with one attached hydrogen (secondary N) is 1. The van der Waals surface area contributed by atoms with Gasteiger partial charge in [-0.25, -0.2) is 0 Å². The number of phenolic OH excluding ortho intramolecular Hbond substituents is 1. The molecule has 20 heavy (non-hydrogen) atoms. The Kier molecular flexibility index (Phi) is 4.88. The average Bonchev–Trinajstić information content (AvgIpc) is 2.41. The number of benzene rings is 2. The van der Waals surface area contributed by atoms with Crippen LogP contribution in [-0.4, -0.2) is 17.6 Å². The molecule has 0 unspecified atom stereocenters. The van der Waals surface area contributed by atoms with Crippen LogP contribution in [0.5, 0.6) is 5.75 Å². The lowest BCUT2D eigenvalue weighted by Gasteiger charge is -2.08. The molecule has 0 heterocycles. The van der Waals surface area contributed by atoms with E-state index in [1.54, 1.807) is 30.3 Å². The van der Waals surface area contributed by atoms with Gasteiger partial charge >= 0.3 is 0 Å². The molecule has 0 saturated heterocycles. The molecule has 0 radical (unpaired) electrons. The van der Waals surface area contributed by atoms with Crippen molar-refractivity contribution in [1.29, 1.82) is 0 Å². The molecule has 0 spiro atoms. The van der Waals surface area contributed by atoms with E-state index in [0.29, 0.717) is 28.6 Å². The quantitative estimate of drug-likeness (QED) is 0.905. The number of phenols is 1. The second-order valence-electron chi connectivity index (χ2n) is 4.27. The van der Waals surface area contributed by atoms with E-state index in [4.69, 9.17) is 23.2 Å². The molecule has 2 N–H and O–H groups in total. The predicted molar refractivity (Wildman–Crippen MR) is 80.6 cm³/mol. The molecule has 104 valence electrons. The summed E-state index contributed by atoms with van der Waals surface area (Å²) in [6.07, 6.45) is 0.661. The highest BCUT2D eigenvalue weighted by molar-refractivity contribution is 6.39. The Morgan fingerprint density at radius 3 is 2.25 bits per heavy atom. The van der Waals surface area contributed by atoms with Crippen molar-refractivity contribution >= 4 is 29.1 Å². The van der Waals surface area contributed by atoms with E-state index in [0.717, 1.165) is 5.56 Å². The van der Waals surface area contributed by atoms with Crippen LogP contribution < -0.4 is 5.32 Å². The third kappa shape index (κ3) is 3.65. The van der Waals surface area contributed by atoms with Gasteiger partial charge in [0.25, 0.3) is 5.91 Å². The highest BCUT2D eigenvalue weighted by Gasteiger charge is 2.13. The molecule has 2 rings (SSSR count). The number of amides is 1. The molecule has 0 bridgehead atoms. The van der Waals surface area contributed by atoms with Gasteiger partial charge in [-0.15, -0.1) is 0 Å². The highest BCUT2D eigenvalue weighted by Crippen LogP contribution is 2.23. The van der Waals surface area contributed by atoms with Crippen molar-refractivity contribution in [2.24, 2.45) is 0 Å². The second kappa shape index (κ2) is 6.64. The van der Waals surface area contributed by atoms with E-state index >= 15 is 0 Å². The van der Waals surface area contributed by atoms with E-state index in [-0.39, 0.29) is 11.7 Å². The summed E-state index contributed by atoms with van der Waals surface area (Å²) in [6.45, 7) is 0.463. The van der Waals surface area contributed by atoms with Gasteiger partial charge in [-0.2, -0.15) is 0 Å². The first-order valence-corrected chi connectivity index (χ1v) is 6.83. The van der Waals surface area contributed by atoms with Crippen LogP contribution in [0.25, 0.3) is 0 Å². The lowest BCUT2D eigenvalue weighted by molar-refractivity contribution is 0.0954. The van der Waals surface area contributed by atoms with E-state index in [2.05, 4.69) is 5.32 Å². The lowest BCUT2D eigenvalue weighted by Crippen LogP contribution is -2.26. The zero-order valence-electron chi connectivity index (χ0n) is 10.6. The molecule has 0 aliphatic rings. The molecule has 0 fully saturated rings. The number of aromatic hydroxyl groups is 1. The van der Waals surface area contributed by atoms with Gasteiger partial charge in [-0.05, 0) is 36.2 Å². The van der Waals surface area contributed by atoms with Crippen LogP contribution in [0.2, 0.25) is 10.0 Å². The number of carbonyl (C=O) groups is 1. The Morgan fingerprint density at radius 1 is 1.05 bits per heavy atom. The number of hydrogen-bond donors (Lipinski definition) is 2. The highest BCUT2D eigenvalue weighted by atomic mass is 35.5. The molecule has 0 aliphatic carbocycles. The maximum absolute atomic E-state index is 12.0. The molecule has 0 aliphatic heterocycles. The Bertz CT molecular complexity index is 592. The molecule has 0 atom stereocenters. The lowest BCUT2D eigenvalue weighted by atomic mass is 10.1. The van der Waals surface area contributed by atoms with Crippen molar-refractivity contribution in [2.45, 2.75) is 6.42 Å². The zero-order valence-corrected chi connectivity index (χ0v) is 12.1. The fourth-order valence-corrected chi connectivity index (χ4v) is 2.36. The van der Waals surface area contributed by atoms with Gasteiger partial charge in [0.05, 0.1) is 15.6 Å². The maximum Gasteiger partial charge on any atom is 0.254 e. The SMILES string of the molecule is O=C(NCCc1ccc(O)cc1)c1c(Cl)cccc1Cl. The topological polar surface area (TPSA) is 49.3 Å². The fourth-order valence-electron chi connectivity index (χ4n) is 1.79. The Hall–Kier alpha value is -1.71. The first-order chi connectivity index (χ1) is 9.58. The molecule has 3 nitrogen and oxygen atoms in total. The van der Waals surface area contributed by atoms with E-state index in [1.165, 1.54) is 0 Å². The van der Waals surface area contributed by atoms with Crippen molar-refractivity contribution in [2.75, 3.05) is 6.54 Å². The standard InChI is InChI=1S/C15H13Cl2NO2/c16-12-2-1-3-13(17)14(12)15(20)18-9-8-10-4-6-11(19)7-5-10/h1-7,19H,8-9H2,(H,18,20). The summed E-state index contributed by atoms with van der Waals surface area (Å²) in [5.41, 5.74) is 1.31. The number of carbonyl (C=O) groups excluding carboxylic acids is 1. The van der Waals surface area contributed by atoms with Crippen LogP contribution >= 0.6 is 23.2 Å². The van der Waals surface area contributed by atoms with Crippen LogP contribution in [0.3, 0.4) is 0 Å². The van der Waals surface area contributed by atoms with Gasteiger partial charge in [0.2, 0.25) is 0 Å². The first-order valence-electron chi connectivity index (χ1n) is 6.08. The van der Waals surface area contributed by atoms with Crippen molar-refractivity contribution < 1.29 is 9.90 Å². The van der Waals surface area contributed by atoms with Crippen molar-refractivity contribution in [3.8, 4) is 5.75 Å². The minimum absolute atomic E-state index is 0.223. The van der Waals surface area contributed by atoms with Gasteiger partial charge in [0, 0.05) is 6.54 Å². The summed E-state index contributed by atoms with van der Waals surface area (Å²) in [6, 6.07) is 11.8. The molecular formula is C15H13Cl2NO2. The predicted octanol–water partition coefficient (Wildman–Crippen LogP) is 3.67. The van der Waals surface area contributed by atoms with Gasteiger partial charge in [-0.1, -0.05) is 41.4 Å². The molecular weight excluding hydrogens is 297 g/mol. The normalized spacial score (nSPS) is 10.3. The van der Waals surface area contributed by atoms with Gasteiger partial charge in [-0.3, -0.25) is 4.79 Å². The van der Waals surface area contributed by atoms with E-state index in [9.17, 15) is 9.90 Å². The molecule has 0 aromatic heterocycles. The van der Waals surface area contributed by atoms with Gasteiger partial charge in [0.1, 0.15) is 5.75 Å². The number of hydrogen-bond acceptors (Lipinski definition) is 2. The number of rotatable bonds is 4. The summed E-state index contributed by atoms with van der Waals surface area (Å²) in [7, 11) is 0. The number of halogens is 2. The minimum Gasteiger partial charge on any atom is -0.508 e. The van der Waals surface area contributed by atoms with Gasteiger partial charge in [0.15, 0.2) is 0 Å². The summed E-state index contributed by atoms with van der Waals surface area (Å²) in [4.78, 5) is 12.0. The molecule has 1 amide bonds. The smallest absolute Gasteiger partial charge is 0.254 e. The van der Waals surface area contributed by atoms with Crippen LogP contribution in [0.1, 0.15) is 15.9 Å². The monoisotopic (exact) mass is 309 g/mol. The third-order valence-electron chi connectivity index (χ3n) is 2.83. The van der Waals surface area contributed by atoms with Crippen LogP contribution in [0, 0.1) is 0 Å². The van der Waals surface area contributed by atoms with Crippen molar-refractivity contribution in [1.82, 2.24) is 5.32 Å². The maximum atomic E-state index is 12.0. The van der Waals surface area contributed by atoms with E-state index < -0.39 is 0 Å². The summed E-state index contributed by atoms with van der Waals surface area (Å²) >= 11 is 11.9. The molecule has 5 heteroatoms. The first kappa shape index (κ1) is 14.7.